The van der Waals surface area contributed by atoms with Crippen molar-refractivity contribution in [3.63, 3.8) is 0 Å². The Kier molecular flexibility index (Phi) is 5.86. The number of nitrogens with zero attached hydrogens (tertiary/aromatic N) is 2. The van der Waals surface area contributed by atoms with Crippen molar-refractivity contribution in [3.8, 4) is 0 Å². The van der Waals surface area contributed by atoms with Gasteiger partial charge in [0, 0.05) is 19.1 Å². The number of aryl methyl sites for hydroxylation is 2. The van der Waals surface area contributed by atoms with E-state index in [1.165, 1.54) is 10.2 Å². The van der Waals surface area contributed by atoms with Crippen LogP contribution in [0.4, 0.5) is 0 Å². The van der Waals surface area contributed by atoms with Gasteiger partial charge in [-0.05, 0) is 41.6 Å². The predicted molar refractivity (Wildman–Crippen MR) is 80.9 cm³/mol. The van der Waals surface area contributed by atoms with Gasteiger partial charge in [-0.15, -0.1) is 0 Å². The molecule has 2 atom stereocenters. The van der Waals surface area contributed by atoms with E-state index in [1.54, 1.807) is 0 Å². The van der Waals surface area contributed by atoms with Gasteiger partial charge < -0.3 is 5.32 Å². The first-order chi connectivity index (χ1) is 8.36. The van der Waals surface area contributed by atoms with Gasteiger partial charge in [0.25, 0.3) is 0 Å². The highest BCUT2D eigenvalue weighted by molar-refractivity contribution is 9.10. The molecule has 0 saturated carbocycles. The van der Waals surface area contributed by atoms with Gasteiger partial charge in [-0.3, -0.25) is 4.68 Å². The predicted octanol–water partition coefficient (Wildman–Crippen LogP) is 3.31. The summed E-state index contributed by atoms with van der Waals surface area (Å²) in [5.41, 5.74) is 2.46. The van der Waals surface area contributed by atoms with E-state index in [0.29, 0.717) is 18.0 Å². The summed E-state index contributed by atoms with van der Waals surface area (Å²) in [6, 6.07) is 1.04. The van der Waals surface area contributed by atoms with Crippen LogP contribution in [0.15, 0.2) is 4.47 Å². The molecular formula is C14H26BrN3. The summed E-state index contributed by atoms with van der Waals surface area (Å²) in [5.74, 6) is 0.587. The Morgan fingerprint density at radius 2 is 1.89 bits per heavy atom. The second-order valence-electron chi connectivity index (χ2n) is 5.48. The molecule has 0 radical (unpaired) electrons. The Bertz CT molecular complexity index is 385. The van der Waals surface area contributed by atoms with Crippen LogP contribution in [0.5, 0.6) is 0 Å². The van der Waals surface area contributed by atoms with E-state index in [1.807, 2.05) is 11.7 Å². The van der Waals surface area contributed by atoms with E-state index in [2.05, 4.69) is 61.0 Å². The van der Waals surface area contributed by atoms with E-state index in [9.17, 15) is 0 Å². The van der Waals surface area contributed by atoms with Gasteiger partial charge in [0.15, 0.2) is 0 Å². The fourth-order valence-corrected chi connectivity index (χ4v) is 2.99. The van der Waals surface area contributed by atoms with Gasteiger partial charge in [-0.2, -0.15) is 5.10 Å². The van der Waals surface area contributed by atoms with Crippen LogP contribution in [0.2, 0.25) is 0 Å². The zero-order chi connectivity index (χ0) is 13.9. The molecular weight excluding hydrogens is 290 g/mol. The molecule has 0 aliphatic rings. The maximum atomic E-state index is 4.55. The van der Waals surface area contributed by atoms with Crippen molar-refractivity contribution in [2.75, 3.05) is 0 Å². The maximum absolute atomic E-state index is 4.55. The zero-order valence-electron chi connectivity index (χ0n) is 12.4. The molecule has 1 aromatic rings. The second kappa shape index (κ2) is 6.71. The number of hydrogen-bond donors (Lipinski definition) is 1. The van der Waals surface area contributed by atoms with Gasteiger partial charge in [0.2, 0.25) is 0 Å². The molecule has 0 amide bonds. The first kappa shape index (κ1) is 15.7. The summed E-state index contributed by atoms with van der Waals surface area (Å²) in [4.78, 5) is 0. The number of aromatic nitrogens is 2. The molecule has 3 nitrogen and oxygen atoms in total. The molecule has 2 unspecified atom stereocenters. The lowest BCUT2D eigenvalue weighted by molar-refractivity contribution is 0.366. The lowest BCUT2D eigenvalue weighted by Gasteiger charge is -2.23. The van der Waals surface area contributed by atoms with E-state index in [0.717, 1.165) is 18.5 Å². The topological polar surface area (TPSA) is 29.9 Å². The van der Waals surface area contributed by atoms with Gasteiger partial charge in [-0.1, -0.05) is 27.7 Å². The van der Waals surface area contributed by atoms with Crippen LogP contribution in [-0.2, 0) is 19.9 Å². The van der Waals surface area contributed by atoms with Gasteiger partial charge in [0.05, 0.1) is 15.9 Å². The van der Waals surface area contributed by atoms with Crippen molar-refractivity contribution < 1.29 is 0 Å². The van der Waals surface area contributed by atoms with Crippen molar-refractivity contribution in [2.45, 2.75) is 59.5 Å². The molecule has 18 heavy (non-hydrogen) atoms. The van der Waals surface area contributed by atoms with Crippen molar-refractivity contribution >= 4 is 15.9 Å². The van der Waals surface area contributed by atoms with Crippen molar-refractivity contribution in [1.82, 2.24) is 15.1 Å². The average molecular weight is 316 g/mol. The SMILES string of the molecule is CCc1nn(C)c(CC(C)C(C)NC(C)C)c1Br. The molecule has 1 heterocycles. The Morgan fingerprint density at radius 3 is 2.33 bits per heavy atom. The molecule has 1 N–H and O–H groups in total. The highest BCUT2D eigenvalue weighted by Gasteiger charge is 2.19. The molecule has 0 aliphatic carbocycles. The third-order valence-electron chi connectivity index (χ3n) is 3.47. The average Bonchev–Trinajstić information content (AvgIpc) is 2.55. The highest BCUT2D eigenvalue weighted by Crippen LogP contribution is 2.24. The molecule has 1 rings (SSSR count). The first-order valence-electron chi connectivity index (χ1n) is 6.83. The van der Waals surface area contributed by atoms with Gasteiger partial charge >= 0.3 is 0 Å². The first-order valence-corrected chi connectivity index (χ1v) is 7.62. The minimum Gasteiger partial charge on any atom is -0.312 e. The van der Waals surface area contributed by atoms with E-state index in [4.69, 9.17) is 0 Å². The summed E-state index contributed by atoms with van der Waals surface area (Å²) >= 11 is 3.69. The Hall–Kier alpha value is -0.350. The number of halogens is 1. The van der Waals surface area contributed by atoms with Crippen LogP contribution in [0.1, 0.15) is 46.0 Å². The quantitative estimate of drug-likeness (QED) is 0.872. The lowest BCUT2D eigenvalue weighted by Crippen LogP contribution is -2.38. The second-order valence-corrected chi connectivity index (χ2v) is 6.27. The third-order valence-corrected chi connectivity index (χ3v) is 4.38. The zero-order valence-corrected chi connectivity index (χ0v) is 14.0. The summed E-state index contributed by atoms with van der Waals surface area (Å²) in [6.07, 6.45) is 2.02. The standard InChI is InChI=1S/C14H26BrN3/c1-7-12-14(15)13(18(6)17-12)8-10(4)11(5)16-9(2)3/h9-11,16H,7-8H2,1-6H3. The van der Waals surface area contributed by atoms with E-state index >= 15 is 0 Å². The van der Waals surface area contributed by atoms with E-state index in [-0.39, 0.29) is 0 Å². The molecule has 4 heteroatoms. The summed E-state index contributed by atoms with van der Waals surface area (Å²) in [7, 11) is 2.03. The van der Waals surface area contributed by atoms with Crippen molar-refractivity contribution in [3.05, 3.63) is 15.9 Å². The molecule has 1 aromatic heterocycles. The summed E-state index contributed by atoms with van der Waals surface area (Å²) in [6.45, 7) is 11.1. The highest BCUT2D eigenvalue weighted by atomic mass is 79.9. The van der Waals surface area contributed by atoms with Crippen LogP contribution in [0, 0.1) is 5.92 Å². The Morgan fingerprint density at radius 1 is 1.28 bits per heavy atom. The Balaban J connectivity index is 2.75. The molecule has 0 bridgehead atoms. The molecule has 0 aromatic carbocycles. The molecule has 0 saturated heterocycles. The summed E-state index contributed by atoms with van der Waals surface area (Å²) in [5, 5.41) is 8.13. The van der Waals surface area contributed by atoms with Gasteiger partial charge in [0.1, 0.15) is 0 Å². The molecule has 0 spiro atoms. The van der Waals surface area contributed by atoms with Crippen LogP contribution >= 0.6 is 15.9 Å². The minimum absolute atomic E-state index is 0.511. The van der Waals surface area contributed by atoms with Crippen LogP contribution in [-0.4, -0.2) is 21.9 Å². The number of nitrogens with one attached hydrogen (secondary N) is 1. The lowest BCUT2D eigenvalue weighted by atomic mass is 9.97. The molecule has 104 valence electrons. The van der Waals surface area contributed by atoms with Gasteiger partial charge in [-0.25, -0.2) is 0 Å². The largest absolute Gasteiger partial charge is 0.312 e. The van der Waals surface area contributed by atoms with Crippen molar-refractivity contribution in [1.29, 1.82) is 0 Å². The monoisotopic (exact) mass is 315 g/mol. The number of hydrogen-bond acceptors (Lipinski definition) is 2. The van der Waals surface area contributed by atoms with E-state index < -0.39 is 0 Å². The van der Waals surface area contributed by atoms with Crippen LogP contribution in [0.3, 0.4) is 0 Å². The fourth-order valence-electron chi connectivity index (χ4n) is 2.21. The molecule has 0 fully saturated rings. The minimum atomic E-state index is 0.511. The smallest absolute Gasteiger partial charge is 0.0766 e. The maximum Gasteiger partial charge on any atom is 0.0766 e. The number of rotatable bonds is 6. The normalized spacial score (nSPS) is 15.1. The molecule has 0 aliphatic heterocycles. The van der Waals surface area contributed by atoms with Crippen LogP contribution < -0.4 is 5.32 Å². The third kappa shape index (κ3) is 3.82. The Labute approximate surface area is 119 Å². The fraction of sp³-hybridized carbons (Fsp3) is 0.786. The van der Waals surface area contributed by atoms with Crippen molar-refractivity contribution in [2.24, 2.45) is 13.0 Å². The summed E-state index contributed by atoms with van der Waals surface area (Å²) < 4.78 is 3.21. The van der Waals surface area contributed by atoms with Crippen LogP contribution in [0.25, 0.3) is 0 Å².